The van der Waals surface area contributed by atoms with Crippen molar-refractivity contribution in [1.82, 2.24) is 19.7 Å². The van der Waals surface area contributed by atoms with Gasteiger partial charge in [-0.15, -0.1) is 0 Å². The van der Waals surface area contributed by atoms with Crippen LogP contribution in [0.15, 0.2) is 39.7 Å². The summed E-state index contributed by atoms with van der Waals surface area (Å²) in [5, 5.41) is 4.12. The van der Waals surface area contributed by atoms with E-state index in [9.17, 15) is 0 Å². The second kappa shape index (κ2) is 4.51. The van der Waals surface area contributed by atoms with Gasteiger partial charge in [-0.25, -0.2) is 9.97 Å². The number of nitrogens with zero attached hydrogens (tertiary/aromatic N) is 4. The first-order chi connectivity index (χ1) is 9.13. The highest BCUT2D eigenvalue weighted by atomic mass is 79.9. The molecule has 0 fully saturated rings. The summed E-state index contributed by atoms with van der Waals surface area (Å²) in [5.41, 5.74) is 7.41. The minimum absolute atomic E-state index is 0.382. The van der Waals surface area contributed by atoms with Crippen molar-refractivity contribution in [1.29, 1.82) is 0 Å². The molecule has 19 heavy (non-hydrogen) atoms. The third-order valence-corrected chi connectivity index (χ3v) is 3.19. The molecule has 96 valence electrons. The number of anilines is 1. The Morgan fingerprint density at radius 3 is 2.84 bits per heavy atom. The van der Waals surface area contributed by atoms with Crippen LogP contribution in [0.5, 0.6) is 0 Å². The molecule has 0 aliphatic carbocycles. The number of rotatable bonds is 2. The van der Waals surface area contributed by atoms with Crippen LogP contribution in [-0.4, -0.2) is 19.7 Å². The van der Waals surface area contributed by atoms with Crippen LogP contribution in [0, 0.1) is 0 Å². The zero-order valence-electron chi connectivity index (χ0n) is 10.0. The maximum Gasteiger partial charge on any atom is 0.199 e. The van der Waals surface area contributed by atoms with Crippen molar-refractivity contribution >= 4 is 21.7 Å². The first-order valence-corrected chi connectivity index (χ1v) is 6.30. The Labute approximate surface area is 117 Å². The Bertz CT molecular complexity index is 733. The molecule has 6 nitrogen and oxygen atoms in total. The van der Waals surface area contributed by atoms with Crippen LogP contribution in [0.2, 0.25) is 0 Å². The van der Waals surface area contributed by atoms with Gasteiger partial charge >= 0.3 is 0 Å². The van der Waals surface area contributed by atoms with E-state index in [1.54, 1.807) is 29.3 Å². The van der Waals surface area contributed by atoms with Crippen molar-refractivity contribution in [3.05, 3.63) is 35.3 Å². The minimum atomic E-state index is 0.382. The molecule has 0 atom stereocenters. The van der Waals surface area contributed by atoms with Gasteiger partial charge in [0.1, 0.15) is 5.82 Å². The number of hydrogen-bond donors (Lipinski definition) is 1. The van der Waals surface area contributed by atoms with Gasteiger partial charge in [-0.3, -0.25) is 4.68 Å². The number of halogens is 1. The van der Waals surface area contributed by atoms with Crippen LogP contribution in [-0.2, 0) is 7.05 Å². The Morgan fingerprint density at radius 1 is 1.37 bits per heavy atom. The van der Waals surface area contributed by atoms with Gasteiger partial charge in [0.25, 0.3) is 0 Å². The summed E-state index contributed by atoms with van der Waals surface area (Å²) in [6.45, 7) is 0. The first kappa shape index (κ1) is 11.9. The molecule has 0 radical (unpaired) electrons. The number of aryl methyl sites for hydroxylation is 1. The molecule has 0 bridgehead atoms. The van der Waals surface area contributed by atoms with Crippen LogP contribution >= 0.6 is 15.9 Å². The van der Waals surface area contributed by atoms with Crippen molar-refractivity contribution in [2.24, 2.45) is 7.05 Å². The number of aromatic nitrogens is 4. The quantitative estimate of drug-likeness (QED) is 0.784. The van der Waals surface area contributed by atoms with Gasteiger partial charge in [0.15, 0.2) is 11.6 Å². The monoisotopic (exact) mass is 319 g/mol. The molecule has 0 aliphatic heterocycles. The van der Waals surface area contributed by atoms with Crippen molar-refractivity contribution < 1.29 is 4.42 Å². The minimum Gasteiger partial charge on any atom is -0.460 e. The maximum atomic E-state index is 5.82. The molecule has 3 rings (SSSR count). The van der Waals surface area contributed by atoms with E-state index in [0.717, 1.165) is 10.0 Å². The van der Waals surface area contributed by atoms with Gasteiger partial charge < -0.3 is 10.2 Å². The molecule has 0 aliphatic rings. The van der Waals surface area contributed by atoms with Gasteiger partial charge in [-0.05, 0) is 22.0 Å². The van der Waals surface area contributed by atoms with E-state index in [0.29, 0.717) is 23.1 Å². The summed E-state index contributed by atoms with van der Waals surface area (Å²) < 4.78 is 7.84. The lowest BCUT2D eigenvalue weighted by Crippen LogP contribution is -1.97. The maximum absolute atomic E-state index is 5.82. The van der Waals surface area contributed by atoms with Gasteiger partial charge in [-0.1, -0.05) is 0 Å². The summed E-state index contributed by atoms with van der Waals surface area (Å²) in [4.78, 5) is 8.64. The molecule has 0 aromatic carbocycles. The highest BCUT2D eigenvalue weighted by molar-refractivity contribution is 9.10. The van der Waals surface area contributed by atoms with E-state index in [-0.39, 0.29) is 0 Å². The van der Waals surface area contributed by atoms with Crippen molar-refractivity contribution in [3.63, 3.8) is 0 Å². The largest absolute Gasteiger partial charge is 0.460 e. The third-order valence-electron chi connectivity index (χ3n) is 2.57. The fraction of sp³-hybridized carbons (Fsp3) is 0.0833. The third kappa shape index (κ3) is 2.24. The van der Waals surface area contributed by atoms with Crippen molar-refractivity contribution in [2.75, 3.05) is 5.73 Å². The van der Waals surface area contributed by atoms with E-state index < -0.39 is 0 Å². The smallest absolute Gasteiger partial charge is 0.199 e. The Hall–Kier alpha value is -2.15. The molecule has 0 saturated heterocycles. The highest BCUT2D eigenvalue weighted by Crippen LogP contribution is 2.29. The zero-order chi connectivity index (χ0) is 13.4. The molecular weight excluding hydrogens is 310 g/mol. The summed E-state index contributed by atoms with van der Waals surface area (Å²) in [6.07, 6.45) is 5.15. The van der Waals surface area contributed by atoms with Gasteiger partial charge in [0.2, 0.25) is 0 Å². The summed E-state index contributed by atoms with van der Waals surface area (Å²) in [5.74, 6) is 1.38. The second-order valence-corrected chi connectivity index (χ2v) is 4.86. The molecule has 3 heterocycles. The fourth-order valence-electron chi connectivity index (χ4n) is 1.72. The molecule has 0 spiro atoms. The van der Waals surface area contributed by atoms with Crippen LogP contribution in [0.1, 0.15) is 0 Å². The summed E-state index contributed by atoms with van der Waals surface area (Å²) in [6, 6.07) is 3.49. The first-order valence-electron chi connectivity index (χ1n) is 5.50. The number of hydrogen-bond acceptors (Lipinski definition) is 5. The topological polar surface area (TPSA) is 82.8 Å². The Morgan fingerprint density at radius 2 is 2.21 bits per heavy atom. The molecular formula is C12H10BrN5O. The van der Waals surface area contributed by atoms with Crippen LogP contribution in [0.4, 0.5) is 5.82 Å². The lowest BCUT2D eigenvalue weighted by atomic mass is 10.2. The SMILES string of the molecule is Cn1cc(-c2cc(N)nc(-c3occc3Br)n2)cn1. The Balaban J connectivity index is 2.13. The van der Waals surface area contributed by atoms with E-state index in [2.05, 4.69) is 31.0 Å². The number of nitrogens with two attached hydrogens (primary N) is 1. The summed E-state index contributed by atoms with van der Waals surface area (Å²) in [7, 11) is 1.85. The lowest BCUT2D eigenvalue weighted by molar-refractivity contribution is 0.576. The molecule has 0 amide bonds. The van der Waals surface area contributed by atoms with E-state index >= 15 is 0 Å². The van der Waals surface area contributed by atoms with E-state index in [4.69, 9.17) is 10.2 Å². The zero-order valence-corrected chi connectivity index (χ0v) is 11.6. The van der Waals surface area contributed by atoms with Crippen LogP contribution in [0.25, 0.3) is 22.8 Å². The van der Waals surface area contributed by atoms with Crippen molar-refractivity contribution in [2.45, 2.75) is 0 Å². The fourth-order valence-corrected chi connectivity index (χ4v) is 2.10. The number of nitrogen functional groups attached to an aromatic ring is 1. The average molecular weight is 320 g/mol. The lowest BCUT2D eigenvalue weighted by Gasteiger charge is -2.02. The van der Waals surface area contributed by atoms with Gasteiger partial charge in [0.05, 0.1) is 22.6 Å². The van der Waals surface area contributed by atoms with E-state index in [1.165, 1.54) is 0 Å². The second-order valence-electron chi connectivity index (χ2n) is 4.00. The molecule has 3 aromatic rings. The van der Waals surface area contributed by atoms with Crippen LogP contribution < -0.4 is 5.73 Å². The van der Waals surface area contributed by atoms with Gasteiger partial charge in [0, 0.05) is 24.9 Å². The molecule has 0 saturated carbocycles. The highest BCUT2D eigenvalue weighted by Gasteiger charge is 2.13. The molecule has 3 aromatic heterocycles. The molecule has 2 N–H and O–H groups in total. The predicted octanol–water partition coefficient (Wildman–Crippen LogP) is 2.48. The predicted molar refractivity (Wildman–Crippen MR) is 74.0 cm³/mol. The standard InChI is InChI=1S/C12H10BrN5O/c1-18-6-7(5-15-18)9-4-10(14)17-12(16-9)11-8(13)2-3-19-11/h2-6H,1H3,(H2,14,16,17). The van der Waals surface area contributed by atoms with Crippen molar-refractivity contribution in [3.8, 4) is 22.8 Å². The molecule has 7 heteroatoms. The van der Waals surface area contributed by atoms with Crippen LogP contribution in [0.3, 0.4) is 0 Å². The van der Waals surface area contributed by atoms with E-state index in [1.807, 2.05) is 13.2 Å². The average Bonchev–Trinajstić information content (AvgIpc) is 2.97. The number of furan rings is 1. The molecule has 0 unspecified atom stereocenters. The van der Waals surface area contributed by atoms with Gasteiger partial charge in [-0.2, -0.15) is 5.10 Å². The normalized spacial score (nSPS) is 10.8. The summed E-state index contributed by atoms with van der Waals surface area (Å²) >= 11 is 3.38. The Kier molecular flexibility index (Phi) is 2.83.